The van der Waals surface area contributed by atoms with Crippen LogP contribution in [0, 0.1) is 5.92 Å². The van der Waals surface area contributed by atoms with Crippen molar-refractivity contribution in [3.63, 3.8) is 0 Å². The van der Waals surface area contributed by atoms with Gasteiger partial charge in [-0.25, -0.2) is 4.79 Å². The summed E-state index contributed by atoms with van der Waals surface area (Å²) < 4.78 is 5.64. The molecule has 0 bridgehead atoms. The van der Waals surface area contributed by atoms with E-state index in [2.05, 4.69) is 34.9 Å². The number of carbonyl (C=O) groups excluding carboxylic acids is 2. The van der Waals surface area contributed by atoms with Crippen molar-refractivity contribution in [3.05, 3.63) is 59.7 Å². The second-order valence-electron chi connectivity index (χ2n) is 9.21. The van der Waals surface area contributed by atoms with Gasteiger partial charge in [-0.05, 0) is 41.5 Å². The van der Waals surface area contributed by atoms with Gasteiger partial charge in [0.25, 0.3) is 0 Å². The van der Waals surface area contributed by atoms with Crippen LogP contribution < -0.4 is 10.6 Å². The van der Waals surface area contributed by atoms with Gasteiger partial charge >= 0.3 is 12.1 Å². The van der Waals surface area contributed by atoms with Crippen LogP contribution >= 0.6 is 0 Å². The summed E-state index contributed by atoms with van der Waals surface area (Å²) in [6.07, 6.45) is 2.94. The molecule has 3 N–H and O–H groups in total. The number of carboxylic acid groups (broad SMARTS) is 1. The minimum absolute atomic E-state index is 0.0216. The van der Waals surface area contributed by atoms with Gasteiger partial charge in [-0.3, -0.25) is 9.59 Å². The first kappa shape index (κ1) is 23.8. The van der Waals surface area contributed by atoms with Gasteiger partial charge < -0.3 is 20.5 Å². The smallest absolute Gasteiger partial charge is 0.407 e. The van der Waals surface area contributed by atoms with E-state index in [4.69, 9.17) is 9.84 Å². The lowest BCUT2D eigenvalue weighted by molar-refractivity contribution is -0.137. The minimum atomic E-state index is -0.932. The van der Waals surface area contributed by atoms with E-state index in [-0.39, 0.29) is 36.8 Å². The fourth-order valence-corrected chi connectivity index (χ4v) is 5.33. The lowest BCUT2D eigenvalue weighted by Gasteiger charge is -2.24. The van der Waals surface area contributed by atoms with Gasteiger partial charge in [-0.2, -0.15) is 0 Å². The molecule has 0 aliphatic heterocycles. The summed E-state index contributed by atoms with van der Waals surface area (Å²) in [6, 6.07) is 15.6. The van der Waals surface area contributed by atoms with E-state index in [1.54, 1.807) is 0 Å². The van der Waals surface area contributed by atoms with Crippen LogP contribution in [0.1, 0.15) is 62.5 Å². The molecule has 0 aromatic heterocycles. The number of alkyl carbamates (subject to hydrolysis) is 1. The van der Waals surface area contributed by atoms with E-state index in [0.717, 1.165) is 24.0 Å². The summed E-state index contributed by atoms with van der Waals surface area (Å²) in [6.45, 7) is 2.18. The van der Waals surface area contributed by atoms with Crippen LogP contribution in [0.3, 0.4) is 0 Å². The number of carboxylic acids is 1. The number of nitrogens with one attached hydrogen (secondary N) is 2. The molecular weight excluding hydrogens is 432 g/mol. The van der Waals surface area contributed by atoms with Crippen LogP contribution in [0.4, 0.5) is 4.79 Å². The molecule has 2 amide bonds. The molecule has 7 heteroatoms. The molecule has 1 saturated carbocycles. The van der Waals surface area contributed by atoms with Crippen LogP contribution in [0.25, 0.3) is 11.1 Å². The predicted molar refractivity (Wildman–Crippen MR) is 128 cm³/mol. The van der Waals surface area contributed by atoms with Gasteiger partial charge in [-0.1, -0.05) is 68.3 Å². The number of ether oxygens (including phenoxy) is 1. The van der Waals surface area contributed by atoms with Crippen molar-refractivity contribution in [1.29, 1.82) is 0 Å². The molecule has 1 fully saturated rings. The quantitative estimate of drug-likeness (QED) is 0.508. The number of benzene rings is 2. The van der Waals surface area contributed by atoms with E-state index < -0.39 is 18.1 Å². The molecule has 180 valence electrons. The van der Waals surface area contributed by atoms with Crippen molar-refractivity contribution in [3.8, 4) is 11.1 Å². The summed E-state index contributed by atoms with van der Waals surface area (Å²) in [5.41, 5.74) is 4.63. The Bertz CT molecular complexity index is 1010. The average molecular weight is 465 g/mol. The van der Waals surface area contributed by atoms with Crippen molar-refractivity contribution in [2.75, 3.05) is 6.61 Å². The summed E-state index contributed by atoms with van der Waals surface area (Å²) >= 11 is 0. The Balaban J connectivity index is 1.35. The highest BCUT2D eigenvalue weighted by Gasteiger charge is 2.36. The topological polar surface area (TPSA) is 105 Å². The molecule has 0 unspecified atom stereocenters. The van der Waals surface area contributed by atoms with E-state index >= 15 is 0 Å². The Hall–Kier alpha value is -3.35. The molecule has 0 saturated heterocycles. The number of amides is 2. The number of hydrogen-bond acceptors (Lipinski definition) is 4. The summed E-state index contributed by atoms with van der Waals surface area (Å²) in [5, 5.41) is 14.9. The highest BCUT2D eigenvalue weighted by Crippen LogP contribution is 2.44. The molecule has 4 rings (SSSR count). The van der Waals surface area contributed by atoms with E-state index in [1.165, 1.54) is 11.1 Å². The zero-order valence-corrected chi connectivity index (χ0v) is 19.5. The maximum atomic E-state index is 12.8. The van der Waals surface area contributed by atoms with Crippen LogP contribution in [0.15, 0.2) is 48.5 Å². The Morgan fingerprint density at radius 2 is 1.68 bits per heavy atom. The first-order valence-corrected chi connectivity index (χ1v) is 12.1. The molecule has 2 aliphatic rings. The van der Waals surface area contributed by atoms with Gasteiger partial charge in [-0.15, -0.1) is 0 Å². The van der Waals surface area contributed by atoms with Crippen LogP contribution in [0.5, 0.6) is 0 Å². The summed E-state index contributed by atoms with van der Waals surface area (Å²) in [5.74, 6) is -1.53. The van der Waals surface area contributed by atoms with Crippen molar-refractivity contribution in [2.24, 2.45) is 5.92 Å². The standard InChI is InChI=1S/C27H32N2O5/c1-2-8-17(15-25(30)31)28-26(32)22-13-7-14-24(22)29-27(33)34-16-23-20-11-5-3-9-18(20)19-10-4-6-12-21(19)23/h3-6,9-12,17,22-24H,2,7-8,13-16H2,1H3,(H,28,32)(H,29,33)(H,30,31)/t17-,22-,24+/m1/s1. The highest BCUT2D eigenvalue weighted by atomic mass is 16.5. The number of fused-ring (bicyclic) bond motifs is 3. The number of aliphatic carboxylic acids is 1. The summed E-state index contributed by atoms with van der Waals surface area (Å²) in [4.78, 5) is 36.6. The third-order valence-corrected chi connectivity index (χ3v) is 6.90. The lowest BCUT2D eigenvalue weighted by atomic mass is 9.98. The van der Waals surface area contributed by atoms with Gasteiger partial charge in [0.05, 0.1) is 12.3 Å². The zero-order chi connectivity index (χ0) is 24.1. The molecule has 0 heterocycles. The Kier molecular flexibility index (Phi) is 7.50. The molecule has 2 aromatic rings. The zero-order valence-electron chi connectivity index (χ0n) is 19.5. The predicted octanol–water partition coefficient (Wildman–Crippen LogP) is 4.45. The number of rotatable bonds is 9. The molecule has 0 radical (unpaired) electrons. The largest absolute Gasteiger partial charge is 0.481 e. The van der Waals surface area contributed by atoms with Crippen LogP contribution in [0.2, 0.25) is 0 Å². The maximum Gasteiger partial charge on any atom is 0.407 e. The normalized spacial score (nSPS) is 19.7. The second-order valence-corrected chi connectivity index (χ2v) is 9.21. The third kappa shape index (κ3) is 5.24. The monoisotopic (exact) mass is 464 g/mol. The van der Waals surface area contributed by atoms with Gasteiger partial charge in [0, 0.05) is 18.0 Å². The van der Waals surface area contributed by atoms with Crippen LogP contribution in [-0.4, -0.2) is 41.8 Å². The molecule has 34 heavy (non-hydrogen) atoms. The fourth-order valence-electron chi connectivity index (χ4n) is 5.33. The fraction of sp³-hybridized carbons (Fsp3) is 0.444. The first-order chi connectivity index (χ1) is 16.5. The molecule has 0 spiro atoms. The molecule has 7 nitrogen and oxygen atoms in total. The van der Waals surface area contributed by atoms with Gasteiger partial charge in [0.2, 0.25) is 5.91 Å². The Labute approximate surface area is 199 Å². The number of carbonyl (C=O) groups is 3. The Morgan fingerprint density at radius 1 is 1.03 bits per heavy atom. The first-order valence-electron chi connectivity index (χ1n) is 12.1. The van der Waals surface area contributed by atoms with Gasteiger partial charge in [0.1, 0.15) is 6.61 Å². The molecular formula is C27H32N2O5. The van der Waals surface area contributed by atoms with Gasteiger partial charge in [0.15, 0.2) is 0 Å². The lowest BCUT2D eigenvalue weighted by Crippen LogP contribution is -2.47. The van der Waals surface area contributed by atoms with E-state index in [9.17, 15) is 14.4 Å². The van der Waals surface area contributed by atoms with Crippen molar-refractivity contribution in [1.82, 2.24) is 10.6 Å². The average Bonchev–Trinajstić information content (AvgIpc) is 3.40. The minimum Gasteiger partial charge on any atom is -0.481 e. The molecule has 3 atom stereocenters. The SMILES string of the molecule is CCC[C@H](CC(=O)O)NC(=O)[C@@H]1CCC[C@@H]1NC(=O)OCC1c2ccccc2-c2ccccc21. The molecule has 2 aromatic carbocycles. The van der Waals surface area contributed by atoms with E-state index in [0.29, 0.717) is 19.3 Å². The van der Waals surface area contributed by atoms with E-state index in [1.807, 2.05) is 31.2 Å². The van der Waals surface area contributed by atoms with Crippen molar-refractivity contribution < 1.29 is 24.2 Å². The molecule has 2 aliphatic carbocycles. The van der Waals surface area contributed by atoms with Crippen LogP contribution in [-0.2, 0) is 14.3 Å². The maximum absolute atomic E-state index is 12.8. The van der Waals surface area contributed by atoms with Crippen molar-refractivity contribution >= 4 is 18.0 Å². The van der Waals surface area contributed by atoms with Crippen molar-refractivity contribution in [2.45, 2.75) is 63.5 Å². The second kappa shape index (κ2) is 10.7. The number of hydrogen-bond donors (Lipinski definition) is 3. The Morgan fingerprint density at radius 3 is 2.29 bits per heavy atom. The third-order valence-electron chi connectivity index (χ3n) is 6.90. The summed E-state index contributed by atoms with van der Waals surface area (Å²) in [7, 11) is 0. The highest BCUT2D eigenvalue weighted by molar-refractivity contribution is 5.82.